The fraction of sp³-hybridized carbons (Fsp3) is 0.381. The molecule has 0 spiro atoms. The summed E-state index contributed by atoms with van der Waals surface area (Å²) in [5.41, 5.74) is 3.03. The summed E-state index contributed by atoms with van der Waals surface area (Å²) in [4.78, 5) is 14.8. The topological polar surface area (TPSA) is 71.8 Å². The van der Waals surface area contributed by atoms with Gasteiger partial charge in [-0.1, -0.05) is 18.2 Å². The van der Waals surface area contributed by atoms with Gasteiger partial charge in [0.05, 0.1) is 7.11 Å². The Bertz CT molecular complexity index is 959. The van der Waals surface area contributed by atoms with E-state index in [1.165, 1.54) is 0 Å². The quantitative estimate of drug-likeness (QED) is 0.738. The largest absolute Gasteiger partial charge is 0.497 e. The fourth-order valence-electron chi connectivity index (χ4n) is 3.71. The van der Waals surface area contributed by atoms with Crippen molar-refractivity contribution in [3.63, 3.8) is 0 Å². The molecule has 1 saturated heterocycles. The third-order valence-electron chi connectivity index (χ3n) is 5.38. The normalized spacial score (nSPS) is 15.0. The summed E-state index contributed by atoms with van der Waals surface area (Å²) in [5, 5.41) is 11.7. The van der Waals surface area contributed by atoms with E-state index in [2.05, 4.69) is 37.8 Å². The molecule has 2 aromatic heterocycles. The number of nitrogens with one attached hydrogen (secondary N) is 1. The summed E-state index contributed by atoms with van der Waals surface area (Å²) >= 11 is 0. The lowest BCUT2D eigenvalue weighted by molar-refractivity contribution is -0.125. The van der Waals surface area contributed by atoms with Gasteiger partial charge in [-0.3, -0.25) is 9.20 Å². The van der Waals surface area contributed by atoms with Crippen molar-refractivity contribution < 1.29 is 9.53 Å². The SMILES string of the molecule is COc1ccc(CNC(=O)C2CCN(c3nnc4cccc(C)n34)CC2)cc1. The van der Waals surface area contributed by atoms with E-state index in [-0.39, 0.29) is 11.8 Å². The highest BCUT2D eigenvalue weighted by Crippen LogP contribution is 2.23. The van der Waals surface area contributed by atoms with Gasteiger partial charge >= 0.3 is 0 Å². The molecule has 7 heteroatoms. The number of amides is 1. The number of fused-ring (bicyclic) bond motifs is 1. The Morgan fingerprint density at radius 1 is 1.14 bits per heavy atom. The molecular weight excluding hydrogens is 354 g/mol. The van der Waals surface area contributed by atoms with Crippen LogP contribution in [0.4, 0.5) is 5.95 Å². The number of aromatic nitrogens is 3. The zero-order chi connectivity index (χ0) is 19.5. The predicted molar refractivity (Wildman–Crippen MR) is 108 cm³/mol. The molecule has 0 radical (unpaired) electrons. The zero-order valence-corrected chi connectivity index (χ0v) is 16.3. The van der Waals surface area contributed by atoms with Crippen molar-refractivity contribution in [2.24, 2.45) is 5.92 Å². The van der Waals surface area contributed by atoms with Gasteiger partial charge in [0.1, 0.15) is 5.75 Å². The maximum atomic E-state index is 12.6. The van der Waals surface area contributed by atoms with Crippen LogP contribution in [0.2, 0.25) is 0 Å². The molecule has 0 unspecified atom stereocenters. The molecule has 146 valence electrons. The molecule has 3 heterocycles. The third-order valence-corrected chi connectivity index (χ3v) is 5.38. The van der Waals surface area contributed by atoms with Crippen molar-refractivity contribution in [3.05, 3.63) is 53.7 Å². The van der Waals surface area contributed by atoms with E-state index in [9.17, 15) is 4.79 Å². The number of carbonyl (C=O) groups is 1. The molecule has 0 aliphatic carbocycles. The Morgan fingerprint density at radius 2 is 1.89 bits per heavy atom. The Balaban J connectivity index is 1.33. The van der Waals surface area contributed by atoms with E-state index >= 15 is 0 Å². The van der Waals surface area contributed by atoms with Crippen molar-refractivity contribution in [3.8, 4) is 5.75 Å². The van der Waals surface area contributed by atoms with Crippen LogP contribution in [0.3, 0.4) is 0 Å². The van der Waals surface area contributed by atoms with Gasteiger partial charge in [0, 0.05) is 31.2 Å². The smallest absolute Gasteiger partial charge is 0.231 e. The van der Waals surface area contributed by atoms with Crippen molar-refractivity contribution in [2.75, 3.05) is 25.1 Å². The molecule has 1 aromatic carbocycles. The number of methoxy groups -OCH3 is 1. The van der Waals surface area contributed by atoms with Crippen molar-refractivity contribution in [2.45, 2.75) is 26.3 Å². The minimum Gasteiger partial charge on any atom is -0.497 e. The molecular formula is C21H25N5O2. The lowest BCUT2D eigenvalue weighted by atomic mass is 9.96. The van der Waals surface area contributed by atoms with Gasteiger partial charge in [-0.2, -0.15) is 0 Å². The summed E-state index contributed by atoms with van der Waals surface area (Å²) < 4.78 is 7.23. The maximum Gasteiger partial charge on any atom is 0.231 e. The standard InChI is InChI=1S/C21H25N5O2/c1-15-4-3-5-19-23-24-21(26(15)19)25-12-10-17(11-13-25)20(27)22-14-16-6-8-18(28-2)9-7-16/h3-9,17H,10-14H2,1-2H3,(H,22,27). The summed E-state index contributed by atoms with van der Waals surface area (Å²) in [5.74, 6) is 1.84. The molecule has 7 nitrogen and oxygen atoms in total. The number of nitrogens with zero attached hydrogens (tertiary/aromatic N) is 4. The van der Waals surface area contributed by atoms with Crippen LogP contribution in [0.5, 0.6) is 5.75 Å². The van der Waals surface area contributed by atoms with Gasteiger partial charge in [0.2, 0.25) is 11.9 Å². The third kappa shape index (κ3) is 3.65. The van der Waals surface area contributed by atoms with Gasteiger partial charge in [-0.05, 0) is 49.6 Å². The number of benzene rings is 1. The minimum absolute atomic E-state index is 0.0368. The number of pyridine rings is 1. The highest BCUT2D eigenvalue weighted by molar-refractivity contribution is 5.79. The average Bonchev–Trinajstić information content (AvgIpc) is 3.18. The van der Waals surface area contributed by atoms with Crippen molar-refractivity contribution in [1.82, 2.24) is 19.9 Å². The lowest BCUT2D eigenvalue weighted by Crippen LogP contribution is -2.41. The van der Waals surface area contributed by atoms with Gasteiger partial charge < -0.3 is 15.0 Å². The Hall–Kier alpha value is -3.09. The summed E-state index contributed by atoms with van der Waals surface area (Å²) in [6, 6.07) is 13.8. The molecule has 1 amide bonds. The van der Waals surface area contributed by atoms with E-state index in [4.69, 9.17) is 4.74 Å². The second-order valence-corrected chi connectivity index (χ2v) is 7.19. The van der Waals surface area contributed by atoms with Crippen LogP contribution in [0.15, 0.2) is 42.5 Å². The van der Waals surface area contributed by atoms with E-state index in [1.807, 2.05) is 36.4 Å². The molecule has 0 bridgehead atoms. The molecule has 28 heavy (non-hydrogen) atoms. The van der Waals surface area contributed by atoms with Crippen LogP contribution < -0.4 is 15.0 Å². The molecule has 3 aromatic rings. The monoisotopic (exact) mass is 379 g/mol. The van der Waals surface area contributed by atoms with Gasteiger partial charge in [-0.15, -0.1) is 10.2 Å². The van der Waals surface area contributed by atoms with Crippen molar-refractivity contribution >= 4 is 17.5 Å². The number of anilines is 1. The van der Waals surface area contributed by atoms with Crippen molar-refractivity contribution in [1.29, 1.82) is 0 Å². The molecule has 4 rings (SSSR count). The number of piperidine rings is 1. The van der Waals surface area contributed by atoms with E-state index < -0.39 is 0 Å². The summed E-state index contributed by atoms with van der Waals surface area (Å²) in [6.45, 7) is 4.20. The lowest BCUT2D eigenvalue weighted by Gasteiger charge is -2.31. The minimum atomic E-state index is 0.0368. The molecule has 0 atom stereocenters. The second-order valence-electron chi connectivity index (χ2n) is 7.19. The van der Waals surface area contributed by atoms with Crippen LogP contribution in [0.25, 0.3) is 5.65 Å². The number of aryl methyl sites for hydroxylation is 1. The second kappa shape index (κ2) is 7.88. The highest BCUT2D eigenvalue weighted by atomic mass is 16.5. The first-order valence-electron chi connectivity index (χ1n) is 9.62. The summed E-state index contributed by atoms with van der Waals surface area (Å²) in [6.07, 6.45) is 1.63. The maximum absolute atomic E-state index is 12.6. The Morgan fingerprint density at radius 3 is 2.61 bits per heavy atom. The number of rotatable bonds is 5. The highest BCUT2D eigenvalue weighted by Gasteiger charge is 2.27. The molecule has 0 saturated carbocycles. The van der Waals surface area contributed by atoms with Crippen LogP contribution >= 0.6 is 0 Å². The number of carbonyl (C=O) groups excluding carboxylic acids is 1. The average molecular weight is 379 g/mol. The fourth-order valence-corrected chi connectivity index (χ4v) is 3.71. The first-order valence-corrected chi connectivity index (χ1v) is 9.62. The number of hydrogen-bond acceptors (Lipinski definition) is 5. The van der Waals surface area contributed by atoms with Crippen LogP contribution in [0.1, 0.15) is 24.1 Å². The van der Waals surface area contributed by atoms with Crippen LogP contribution in [-0.2, 0) is 11.3 Å². The van der Waals surface area contributed by atoms with Crippen LogP contribution in [-0.4, -0.2) is 40.7 Å². The Labute approximate surface area is 164 Å². The molecule has 1 aliphatic heterocycles. The van der Waals surface area contributed by atoms with E-state index in [0.29, 0.717) is 6.54 Å². The van der Waals surface area contributed by atoms with E-state index in [1.54, 1.807) is 7.11 Å². The van der Waals surface area contributed by atoms with E-state index in [0.717, 1.165) is 54.5 Å². The van der Waals surface area contributed by atoms with Gasteiger partial charge in [0.15, 0.2) is 5.65 Å². The predicted octanol–water partition coefficient (Wildman–Crippen LogP) is 2.58. The first kappa shape index (κ1) is 18.3. The van der Waals surface area contributed by atoms with Gasteiger partial charge in [-0.25, -0.2) is 0 Å². The molecule has 1 N–H and O–H groups in total. The first-order chi connectivity index (χ1) is 13.7. The molecule has 1 aliphatic rings. The summed E-state index contributed by atoms with van der Waals surface area (Å²) in [7, 11) is 1.65. The van der Waals surface area contributed by atoms with Crippen LogP contribution in [0, 0.1) is 12.8 Å². The Kier molecular flexibility index (Phi) is 5.14. The number of ether oxygens (including phenoxy) is 1. The zero-order valence-electron chi connectivity index (χ0n) is 16.3. The van der Waals surface area contributed by atoms with Gasteiger partial charge in [0.25, 0.3) is 0 Å². The number of hydrogen-bond donors (Lipinski definition) is 1. The molecule has 1 fully saturated rings.